The number of nitrogens with zero attached hydrogens (tertiary/aromatic N) is 2. The average molecular weight is 420 g/mol. The average Bonchev–Trinajstić information content (AvgIpc) is 3.19. The van der Waals surface area contributed by atoms with E-state index < -0.39 is 0 Å². The number of thiazole rings is 1. The van der Waals surface area contributed by atoms with Crippen LogP contribution >= 0.6 is 23.1 Å². The summed E-state index contributed by atoms with van der Waals surface area (Å²) in [5.41, 5.74) is 0.442. The van der Waals surface area contributed by atoms with Gasteiger partial charge in [0.25, 0.3) is 5.91 Å². The third kappa shape index (κ3) is 7.64. The Morgan fingerprint density at radius 1 is 1.14 bits per heavy atom. The maximum Gasteiger partial charge on any atom is 0.270 e. The number of hydrogen-bond donors (Lipinski definition) is 1. The Morgan fingerprint density at radius 2 is 1.89 bits per heavy atom. The molecule has 5 nitrogen and oxygen atoms in total. The number of unbranched alkanes of at least 4 members (excludes halogenated alkanes) is 2. The van der Waals surface area contributed by atoms with E-state index in [1.54, 1.807) is 17.1 Å². The van der Waals surface area contributed by atoms with Gasteiger partial charge in [0.2, 0.25) is 5.91 Å². The van der Waals surface area contributed by atoms with E-state index in [0.717, 1.165) is 35.6 Å². The molecule has 2 amide bonds. The largest absolute Gasteiger partial charge is 0.351 e. The maximum atomic E-state index is 12.7. The van der Waals surface area contributed by atoms with Gasteiger partial charge in [-0.05, 0) is 25.0 Å². The fourth-order valence-corrected chi connectivity index (χ4v) is 4.13. The zero-order chi connectivity index (χ0) is 20.2. The first-order valence-corrected chi connectivity index (χ1v) is 11.7. The number of nitrogens with one attached hydrogen (secondary N) is 1. The van der Waals surface area contributed by atoms with E-state index in [1.165, 1.54) is 11.3 Å². The summed E-state index contributed by atoms with van der Waals surface area (Å²) in [5, 5.41) is 5.46. The minimum absolute atomic E-state index is 0.103. The summed E-state index contributed by atoms with van der Waals surface area (Å²) in [4.78, 5) is 32.3. The standard InChI is InChI=1S/C21H29N3O2S2/c1-3-5-12-22-21(26)18-15-28-19(23-18)14-24(13-6-4-2)20(25)16-27-17-10-8-7-9-11-17/h7-11,15H,3-6,12-14,16H2,1-2H3,(H,22,26). The molecule has 2 aromatic rings. The van der Waals surface area contributed by atoms with Crippen LogP contribution in [0.5, 0.6) is 0 Å². The third-order valence-electron chi connectivity index (χ3n) is 4.17. The van der Waals surface area contributed by atoms with Crippen LogP contribution in [0.25, 0.3) is 0 Å². The van der Waals surface area contributed by atoms with Crippen molar-refractivity contribution in [3.8, 4) is 0 Å². The number of thioether (sulfide) groups is 1. The highest BCUT2D eigenvalue weighted by Crippen LogP contribution is 2.19. The maximum absolute atomic E-state index is 12.7. The molecule has 0 saturated carbocycles. The number of hydrogen-bond acceptors (Lipinski definition) is 5. The first kappa shape index (κ1) is 22.4. The molecule has 0 bridgehead atoms. The SMILES string of the molecule is CCCCNC(=O)c1csc(CN(CCCC)C(=O)CSc2ccccc2)n1. The lowest BCUT2D eigenvalue weighted by Crippen LogP contribution is -2.33. The molecule has 152 valence electrons. The van der Waals surface area contributed by atoms with Gasteiger partial charge in [0, 0.05) is 23.4 Å². The lowest BCUT2D eigenvalue weighted by atomic mass is 10.3. The first-order valence-electron chi connectivity index (χ1n) is 9.82. The number of rotatable bonds is 12. The highest BCUT2D eigenvalue weighted by atomic mass is 32.2. The van der Waals surface area contributed by atoms with Crippen LogP contribution in [0.3, 0.4) is 0 Å². The molecule has 0 aliphatic rings. The fraction of sp³-hybridized carbons (Fsp3) is 0.476. The Kier molecular flexibility index (Phi) is 10.1. The van der Waals surface area contributed by atoms with Crippen LogP contribution in [0.2, 0.25) is 0 Å². The molecule has 2 rings (SSSR count). The van der Waals surface area contributed by atoms with Crippen molar-refractivity contribution in [3.05, 3.63) is 46.4 Å². The molecule has 0 spiro atoms. The zero-order valence-corrected chi connectivity index (χ0v) is 18.3. The van der Waals surface area contributed by atoms with Gasteiger partial charge in [0.15, 0.2) is 0 Å². The van der Waals surface area contributed by atoms with Crippen LogP contribution in [-0.4, -0.2) is 40.5 Å². The second-order valence-corrected chi connectivity index (χ2v) is 8.50. The molecule has 1 heterocycles. The molecule has 0 saturated heterocycles. The quantitative estimate of drug-likeness (QED) is 0.404. The van der Waals surface area contributed by atoms with Crippen molar-refractivity contribution < 1.29 is 9.59 Å². The van der Waals surface area contributed by atoms with Crippen molar-refractivity contribution in [1.82, 2.24) is 15.2 Å². The van der Waals surface area contributed by atoms with Gasteiger partial charge in [-0.25, -0.2) is 4.98 Å². The summed E-state index contributed by atoms with van der Waals surface area (Å²) in [7, 11) is 0. The van der Waals surface area contributed by atoms with Gasteiger partial charge >= 0.3 is 0 Å². The minimum atomic E-state index is -0.137. The molecule has 1 aromatic carbocycles. The van der Waals surface area contributed by atoms with E-state index in [2.05, 4.69) is 24.1 Å². The summed E-state index contributed by atoms with van der Waals surface area (Å²) in [6.45, 7) is 6.04. The Balaban J connectivity index is 1.93. The summed E-state index contributed by atoms with van der Waals surface area (Å²) < 4.78 is 0. The summed E-state index contributed by atoms with van der Waals surface area (Å²) in [5.74, 6) is 0.372. The van der Waals surface area contributed by atoms with Crippen molar-refractivity contribution >= 4 is 34.9 Å². The van der Waals surface area contributed by atoms with Crippen LogP contribution in [0, 0.1) is 0 Å². The Morgan fingerprint density at radius 3 is 2.61 bits per heavy atom. The minimum Gasteiger partial charge on any atom is -0.351 e. The van der Waals surface area contributed by atoms with Gasteiger partial charge in [-0.1, -0.05) is 44.9 Å². The second kappa shape index (κ2) is 12.6. The predicted molar refractivity (Wildman–Crippen MR) is 117 cm³/mol. The molecule has 1 aromatic heterocycles. The molecular weight excluding hydrogens is 390 g/mol. The van der Waals surface area contributed by atoms with E-state index >= 15 is 0 Å². The predicted octanol–water partition coefficient (Wildman–Crippen LogP) is 4.59. The normalized spacial score (nSPS) is 10.6. The van der Waals surface area contributed by atoms with E-state index in [0.29, 0.717) is 31.1 Å². The van der Waals surface area contributed by atoms with Crippen molar-refractivity contribution in [2.75, 3.05) is 18.8 Å². The Labute approximate surface area is 175 Å². The second-order valence-electron chi connectivity index (χ2n) is 6.51. The fourth-order valence-electron chi connectivity index (χ4n) is 2.51. The molecule has 0 fully saturated rings. The van der Waals surface area contributed by atoms with Gasteiger partial charge < -0.3 is 10.2 Å². The molecule has 0 aliphatic heterocycles. The van der Waals surface area contributed by atoms with Gasteiger partial charge in [-0.15, -0.1) is 23.1 Å². The van der Waals surface area contributed by atoms with Crippen LogP contribution < -0.4 is 5.32 Å². The lowest BCUT2D eigenvalue weighted by Gasteiger charge is -2.21. The van der Waals surface area contributed by atoms with E-state index in [1.807, 2.05) is 35.2 Å². The smallest absolute Gasteiger partial charge is 0.270 e. The van der Waals surface area contributed by atoms with E-state index in [4.69, 9.17) is 0 Å². The zero-order valence-electron chi connectivity index (χ0n) is 16.6. The van der Waals surface area contributed by atoms with Gasteiger partial charge in [0.1, 0.15) is 10.7 Å². The number of benzene rings is 1. The van der Waals surface area contributed by atoms with Crippen LogP contribution in [0.4, 0.5) is 0 Å². The van der Waals surface area contributed by atoms with Gasteiger partial charge in [0.05, 0.1) is 12.3 Å². The summed E-state index contributed by atoms with van der Waals surface area (Å²) >= 11 is 2.99. The van der Waals surface area contributed by atoms with Crippen LogP contribution in [0.15, 0.2) is 40.6 Å². The Hall–Kier alpha value is -1.86. The number of amides is 2. The molecule has 0 radical (unpaired) electrons. The summed E-state index contributed by atoms with van der Waals surface area (Å²) in [6, 6.07) is 9.95. The third-order valence-corrected chi connectivity index (χ3v) is 6.00. The van der Waals surface area contributed by atoms with E-state index in [9.17, 15) is 9.59 Å². The van der Waals surface area contributed by atoms with E-state index in [-0.39, 0.29) is 11.8 Å². The van der Waals surface area contributed by atoms with Crippen molar-refractivity contribution in [2.45, 2.75) is 51.0 Å². The topological polar surface area (TPSA) is 62.3 Å². The molecule has 0 aliphatic carbocycles. The number of aromatic nitrogens is 1. The molecule has 7 heteroatoms. The highest BCUT2D eigenvalue weighted by molar-refractivity contribution is 8.00. The first-order chi connectivity index (χ1) is 13.6. The van der Waals surface area contributed by atoms with Crippen molar-refractivity contribution in [3.63, 3.8) is 0 Å². The molecule has 1 N–H and O–H groups in total. The lowest BCUT2D eigenvalue weighted by molar-refractivity contribution is -0.129. The molecular formula is C21H29N3O2S2. The van der Waals surface area contributed by atoms with Crippen molar-refractivity contribution in [1.29, 1.82) is 0 Å². The monoisotopic (exact) mass is 419 g/mol. The van der Waals surface area contributed by atoms with Crippen LogP contribution in [0.1, 0.15) is 55.0 Å². The van der Waals surface area contributed by atoms with Gasteiger partial charge in [-0.2, -0.15) is 0 Å². The highest BCUT2D eigenvalue weighted by Gasteiger charge is 2.17. The van der Waals surface area contributed by atoms with Crippen LogP contribution in [-0.2, 0) is 11.3 Å². The Bertz CT molecular complexity index is 734. The molecule has 28 heavy (non-hydrogen) atoms. The molecule has 0 unspecified atom stereocenters. The number of carbonyl (C=O) groups excluding carboxylic acids is 2. The summed E-state index contributed by atoms with van der Waals surface area (Å²) in [6.07, 6.45) is 3.98. The van der Waals surface area contributed by atoms with Gasteiger partial charge in [-0.3, -0.25) is 9.59 Å². The van der Waals surface area contributed by atoms with Crippen molar-refractivity contribution in [2.24, 2.45) is 0 Å². The molecule has 0 atom stereocenters. The number of carbonyl (C=O) groups is 2.